The Bertz CT molecular complexity index is 180. The Labute approximate surface area is 87.0 Å². The van der Waals surface area contributed by atoms with E-state index in [1.165, 1.54) is 0 Å². The number of nitrogens with zero attached hydrogens (tertiary/aromatic N) is 1. The fraction of sp³-hybridized carbons (Fsp3) is 0.900. The Morgan fingerprint density at radius 2 is 1.93 bits per heavy atom. The number of carbonyl (C=O) groups excluding carboxylic acids is 1. The van der Waals surface area contributed by atoms with Crippen LogP contribution in [-0.4, -0.2) is 50.6 Å². The molecular weight excluding hydrogens is 178 g/mol. The van der Waals surface area contributed by atoms with Crippen LogP contribution in [0.3, 0.4) is 0 Å². The van der Waals surface area contributed by atoms with E-state index < -0.39 is 5.54 Å². The highest BCUT2D eigenvalue weighted by atomic mass is 16.2. The number of hydrogen-bond acceptors (Lipinski definition) is 3. The first-order chi connectivity index (χ1) is 6.45. The van der Waals surface area contributed by atoms with Crippen molar-refractivity contribution in [2.75, 3.05) is 34.2 Å². The van der Waals surface area contributed by atoms with Gasteiger partial charge in [-0.3, -0.25) is 4.79 Å². The summed E-state index contributed by atoms with van der Waals surface area (Å²) in [5.74, 6) is 0.135. The van der Waals surface area contributed by atoms with E-state index >= 15 is 0 Å². The van der Waals surface area contributed by atoms with Crippen molar-refractivity contribution in [2.45, 2.75) is 25.8 Å². The summed E-state index contributed by atoms with van der Waals surface area (Å²) in [7, 11) is 5.57. The first kappa shape index (κ1) is 13.4. The Balaban J connectivity index is 3.99. The first-order valence-electron chi connectivity index (χ1n) is 5.04. The standard InChI is InChI=1S/C10H23N3O/c1-10(2,12-4)9(14)13(5)8-6-7-11-3/h11-12H,6-8H2,1-5H3. The normalized spacial score (nSPS) is 11.5. The Kier molecular flexibility index (Phi) is 5.72. The third-order valence-corrected chi connectivity index (χ3v) is 2.43. The summed E-state index contributed by atoms with van der Waals surface area (Å²) in [5.41, 5.74) is -0.464. The van der Waals surface area contributed by atoms with Crippen molar-refractivity contribution in [1.29, 1.82) is 0 Å². The Morgan fingerprint density at radius 3 is 2.36 bits per heavy atom. The van der Waals surface area contributed by atoms with Crippen LogP contribution in [0.1, 0.15) is 20.3 Å². The molecule has 0 unspecified atom stereocenters. The lowest BCUT2D eigenvalue weighted by Crippen LogP contribution is -2.51. The number of amides is 1. The lowest BCUT2D eigenvalue weighted by atomic mass is 10.0. The van der Waals surface area contributed by atoms with Crippen molar-refractivity contribution >= 4 is 5.91 Å². The van der Waals surface area contributed by atoms with E-state index in [4.69, 9.17) is 0 Å². The summed E-state index contributed by atoms with van der Waals surface area (Å²) in [6.07, 6.45) is 0.985. The predicted molar refractivity (Wildman–Crippen MR) is 59.3 cm³/mol. The van der Waals surface area contributed by atoms with E-state index in [1.807, 2.05) is 27.9 Å². The summed E-state index contributed by atoms with van der Waals surface area (Å²) in [6, 6.07) is 0. The van der Waals surface area contributed by atoms with Gasteiger partial charge in [0.15, 0.2) is 0 Å². The van der Waals surface area contributed by atoms with Gasteiger partial charge in [0.05, 0.1) is 5.54 Å². The molecule has 84 valence electrons. The molecule has 4 heteroatoms. The lowest BCUT2D eigenvalue weighted by molar-refractivity contribution is -0.135. The smallest absolute Gasteiger partial charge is 0.242 e. The van der Waals surface area contributed by atoms with E-state index in [1.54, 1.807) is 11.9 Å². The Hall–Kier alpha value is -0.610. The van der Waals surface area contributed by atoms with Crippen molar-refractivity contribution in [1.82, 2.24) is 15.5 Å². The molecule has 1 amide bonds. The molecule has 0 aromatic carbocycles. The van der Waals surface area contributed by atoms with Gasteiger partial charge >= 0.3 is 0 Å². The number of nitrogens with one attached hydrogen (secondary N) is 2. The summed E-state index contributed by atoms with van der Waals surface area (Å²) < 4.78 is 0. The van der Waals surface area contributed by atoms with Crippen LogP contribution >= 0.6 is 0 Å². The summed E-state index contributed by atoms with van der Waals surface area (Å²) in [6.45, 7) is 5.52. The van der Waals surface area contributed by atoms with Crippen molar-refractivity contribution in [2.24, 2.45) is 0 Å². The van der Waals surface area contributed by atoms with Crippen molar-refractivity contribution in [3.63, 3.8) is 0 Å². The van der Waals surface area contributed by atoms with E-state index in [9.17, 15) is 4.79 Å². The van der Waals surface area contributed by atoms with Gasteiger partial charge in [-0.15, -0.1) is 0 Å². The van der Waals surface area contributed by atoms with Crippen molar-refractivity contribution in [3.05, 3.63) is 0 Å². The van der Waals surface area contributed by atoms with Crippen molar-refractivity contribution < 1.29 is 4.79 Å². The minimum Gasteiger partial charge on any atom is -0.344 e. The molecular formula is C10H23N3O. The number of likely N-dealkylation sites (N-methyl/N-ethyl adjacent to an activating group) is 2. The van der Waals surface area contributed by atoms with E-state index in [-0.39, 0.29) is 5.91 Å². The molecule has 0 bridgehead atoms. The first-order valence-corrected chi connectivity index (χ1v) is 5.04. The zero-order valence-corrected chi connectivity index (χ0v) is 9.98. The van der Waals surface area contributed by atoms with Crippen LogP contribution < -0.4 is 10.6 Å². The van der Waals surface area contributed by atoms with Crippen LogP contribution in [-0.2, 0) is 4.79 Å². The molecule has 2 N–H and O–H groups in total. The highest BCUT2D eigenvalue weighted by Gasteiger charge is 2.27. The van der Waals surface area contributed by atoms with E-state index in [2.05, 4.69) is 10.6 Å². The summed E-state index contributed by atoms with van der Waals surface area (Å²) in [5, 5.41) is 6.07. The second kappa shape index (κ2) is 5.98. The van der Waals surface area contributed by atoms with Crippen LogP contribution in [0.2, 0.25) is 0 Å². The molecule has 0 aliphatic rings. The van der Waals surface area contributed by atoms with Gasteiger partial charge < -0.3 is 15.5 Å². The van der Waals surface area contributed by atoms with Crippen molar-refractivity contribution in [3.8, 4) is 0 Å². The molecule has 0 aliphatic carbocycles. The molecule has 0 aromatic rings. The van der Waals surface area contributed by atoms with Gasteiger partial charge in [-0.25, -0.2) is 0 Å². The minimum atomic E-state index is -0.464. The van der Waals surface area contributed by atoms with Crippen LogP contribution in [0.15, 0.2) is 0 Å². The van der Waals surface area contributed by atoms with Gasteiger partial charge in [0.25, 0.3) is 0 Å². The van der Waals surface area contributed by atoms with Gasteiger partial charge in [0.2, 0.25) is 5.91 Å². The van der Waals surface area contributed by atoms with E-state index in [0.717, 1.165) is 19.5 Å². The molecule has 0 radical (unpaired) electrons. The number of carbonyl (C=O) groups is 1. The third kappa shape index (κ3) is 4.07. The zero-order chi connectivity index (χ0) is 11.2. The van der Waals surface area contributed by atoms with Gasteiger partial charge in [-0.2, -0.15) is 0 Å². The van der Waals surface area contributed by atoms with Gasteiger partial charge in [-0.1, -0.05) is 0 Å². The SMILES string of the molecule is CNCCCN(C)C(=O)C(C)(C)NC. The quantitative estimate of drug-likeness (QED) is 0.597. The average Bonchev–Trinajstić information content (AvgIpc) is 2.17. The van der Waals surface area contributed by atoms with Gasteiger partial charge in [0, 0.05) is 13.6 Å². The summed E-state index contributed by atoms with van der Waals surface area (Å²) >= 11 is 0. The maximum Gasteiger partial charge on any atom is 0.242 e. The van der Waals surface area contributed by atoms with Crippen LogP contribution in [0, 0.1) is 0 Å². The molecule has 4 nitrogen and oxygen atoms in total. The fourth-order valence-electron chi connectivity index (χ4n) is 1.18. The second-order valence-electron chi connectivity index (χ2n) is 4.06. The highest BCUT2D eigenvalue weighted by Crippen LogP contribution is 2.05. The van der Waals surface area contributed by atoms with Crippen LogP contribution in [0.4, 0.5) is 0 Å². The molecule has 14 heavy (non-hydrogen) atoms. The molecule has 0 saturated heterocycles. The van der Waals surface area contributed by atoms with Gasteiger partial charge in [-0.05, 0) is 40.9 Å². The molecule has 0 aromatic heterocycles. The molecule has 0 spiro atoms. The monoisotopic (exact) mass is 201 g/mol. The maximum absolute atomic E-state index is 11.8. The summed E-state index contributed by atoms with van der Waals surface area (Å²) in [4.78, 5) is 13.6. The largest absolute Gasteiger partial charge is 0.344 e. The van der Waals surface area contributed by atoms with Gasteiger partial charge in [0.1, 0.15) is 0 Å². The van der Waals surface area contributed by atoms with Crippen LogP contribution in [0.5, 0.6) is 0 Å². The number of hydrogen-bond donors (Lipinski definition) is 2. The van der Waals surface area contributed by atoms with E-state index in [0.29, 0.717) is 0 Å². The molecule has 0 saturated carbocycles. The zero-order valence-electron chi connectivity index (χ0n) is 9.98. The second-order valence-corrected chi connectivity index (χ2v) is 4.06. The molecule has 0 heterocycles. The fourth-order valence-corrected chi connectivity index (χ4v) is 1.18. The third-order valence-electron chi connectivity index (χ3n) is 2.43. The number of rotatable bonds is 6. The molecule has 0 fully saturated rings. The topological polar surface area (TPSA) is 44.4 Å². The minimum absolute atomic E-state index is 0.135. The maximum atomic E-state index is 11.8. The predicted octanol–water partition coefficient (Wildman–Crippen LogP) is 0.0523. The van der Waals surface area contributed by atoms with Crippen LogP contribution in [0.25, 0.3) is 0 Å². The average molecular weight is 201 g/mol. The Morgan fingerprint density at radius 1 is 1.36 bits per heavy atom. The molecule has 0 rings (SSSR count). The molecule has 0 aliphatic heterocycles. The lowest BCUT2D eigenvalue weighted by Gasteiger charge is -2.29. The highest BCUT2D eigenvalue weighted by molar-refractivity contribution is 5.85. The molecule has 0 atom stereocenters.